The molecule has 0 bridgehead atoms. The highest BCUT2D eigenvalue weighted by atomic mass is 32.1. The summed E-state index contributed by atoms with van der Waals surface area (Å²) in [6.07, 6.45) is 3.92. The number of aryl methyl sites for hydroxylation is 1. The summed E-state index contributed by atoms with van der Waals surface area (Å²) < 4.78 is 0. The van der Waals surface area contributed by atoms with Gasteiger partial charge in [-0.05, 0) is 30.5 Å². The van der Waals surface area contributed by atoms with Crippen molar-refractivity contribution in [3.63, 3.8) is 0 Å². The highest BCUT2D eigenvalue weighted by Crippen LogP contribution is 2.26. The van der Waals surface area contributed by atoms with E-state index >= 15 is 0 Å². The lowest BCUT2D eigenvalue weighted by molar-refractivity contribution is 0.969. The predicted octanol–water partition coefficient (Wildman–Crippen LogP) is 2.87. The van der Waals surface area contributed by atoms with Crippen LogP contribution in [-0.4, -0.2) is 11.5 Å². The van der Waals surface area contributed by atoms with Crippen LogP contribution < -0.4 is 5.73 Å². The smallest absolute Gasteiger partial charge is 0.0928 e. The van der Waals surface area contributed by atoms with Gasteiger partial charge in [0.1, 0.15) is 0 Å². The lowest BCUT2D eigenvalue weighted by atomic mass is 10.1. The van der Waals surface area contributed by atoms with Gasteiger partial charge in [0.2, 0.25) is 0 Å². The van der Waals surface area contributed by atoms with Crippen LogP contribution in [0.3, 0.4) is 0 Å². The van der Waals surface area contributed by atoms with E-state index in [0.29, 0.717) is 6.54 Å². The Kier molecular flexibility index (Phi) is 3.70. The van der Waals surface area contributed by atoms with Crippen molar-refractivity contribution in [2.75, 3.05) is 6.54 Å². The minimum atomic E-state index is 0.708. The van der Waals surface area contributed by atoms with Crippen LogP contribution >= 0.6 is 11.3 Å². The maximum atomic E-state index is 5.52. The first-order chi connectivity index (χ1) is 7.83. The molecule has 0 radical (unpaired) electrons. The predicted molar refractivity (Wildman–Crippen MR) is 69.7 cm³/mol. The highest BCUT2D eigenvalue weighted by molar-refractivity contribution is 7.15. The van der Waals surface area contributed by atoms with Gasteiger partial charge in [-0.25, -0.2) is 4.98 Å². The number of aromatic nitrogens is 1. The molecule has 2 N–H and O–H groups in total. The molecule has 16 heavy (non-hydrogen) atoms. The molecule has 2 aromatic rings. The van der Waals surface area contributed by atoms with Gasteiger partial charge >= 0.3 is 0 Å². The summed E-state index contributed by atoms with van der Waals surface area (Å²) in [6.45, 7) is 2.84. The fraction of sp³-hybridized carbons (Fsp3) is 0.308. The minimum Gasteiger partial charge on any atom is -0.330 e. The molecular weight excluding hydrogens is 216 g/mol. The molecule has 0 spiro atoms. The molecule has 2 rings (SSSR count). The van der Waals surface area contributed by atoms with E-state index < -0.39 is 0 Å². The van der Waals surface area contributed by atoms with Crippen molar-refractivity contribution in [2.45, 2.75) is 19.8 Å². The molecule has 1 heterocycles. The second kappa shape index (κ2) is 5.23. The standard InChI is InChI=1S/C13H16N2S/c1-2-13-15-9-12(16-13)11-5-3-10(4-6-11)7-8-14/h3-6,9H,2,7-8,14H2,1H3. The van der Waals surface area contributed by atoms with E-state index in [4.69, 9.17) is 5.73 Å². The molecule has 0 unspecified atom stereocenters. The van der Waals surface area contributed by atoms with Gasteiger partial charge in [-0.1, -0.05) is 31.2 Å². The Morgan fingerprint density at radius 1 is 1.25 bits per heavy atom. The lowest BCUT2D eigenvalue weighted by Gasteiger charge is -2.00. The zero-order valence-corrected chi connectivity index (χ0v) is 10.3. The lowest BCUT2D eigenvalue weighted by Crippen LogP contribution is -2.02. The number of nitrogens with two attached hydrogens (primary N) is 1. The van der Waals surface area contributed by atoms with Crippen LogP contribution in [0.1, 0.15) is 17.5 Å². The van der Waals surface area contributed by atoms with E-state index in [9.17, 15) is 0 Å². The Morgan fingerprint density at radius 3 is 2.56 bits per heavy atom. The Bertz CT molecular complexity index is 445. The van der Waals surface area contributed by atoms with E-state index in [2.05, 4.69) is 36.2 Å². The molecule has 1 aromatic heterocycles. The van der Waals surface area contributed by atoms with Crippen LogP contribution in [0.25, 0.3) is 10.4 Å². The molecule has 3 heteroatoms. The van der Waals surface area contributed by atoms with Crippen molar-refractivity contribution >= 4 is 11.3 Å². The molecule has 0 aliphatic carbocycles. The van der Waals surface area contributed by atoms with E-state index in [1.165, 1.54) is 21.0 Å². The minimum absolute atomic E-state index is 0.708. The maximum Gasteiger partial charge on any atom is 0.0928 e. The van der Waals surface area contributed by atoms with Crippen molar-refractivity contribution in [1.29, 1.82) is 0 Å². The zero-order chi connectivity index (χ0) is 11.4. The Labute approximate surface area is 100 Å². The van der Waals surface area contributed by atoms with Crippen molar-refractivity contribution in [2.24, 2.45) is 5.73 Å². The van der Waals surface area contributed by atoms with Gasteiger partial charge in [0, 0.05) is 6.20 Å². The van der Waals surface area contributed by atoms with Gasteiger partial charge < -0.3 is 5.73 Å². The topological polar surface area (TPSA) is 38.9 Å². The van der Waals surface area contributed by atoms with E-state index in [1.807, 2.05) is 6.20 Å². The summed E-state index contributed by atoms with van der Waals surface area (Å²) in [5.41, 5.74) is 8.07. The van der Waals surface area contributed by atoms with Crippen LogP contribution in [-0.2, 0) is 12.8 Å². The summed E-state index contributed by atoms with van der Waals surface area (Å²) in [6, 6.07) is 8.59. The Hall–Kier alpha value is -1.19. The fourth-order valence-electron chi connectivity index (χ4n) is 1.61. The van der Waals surface area contributed by atoms with Crippen molar-refractivity contribution < 1.29 is 0 Å². The van der Waals surface area contributed by atoms with E-state index in [1.54, 1.807) is 11.3 Å². The summed E-state index contributed by atoms with van der Waals surface area (Å²) >= 11 is 1.77. The first-order valence-corrected chi connectivity index (χ1v) is 6.39. The normalized spacial score (nSPS) is 10.6. The van der Waals surface area contributed by atoms with Gasteiger partial charge in [0.15, 0.2) is 0 Å². The molecule has 0 saturated carbocycles. The second-order valence-corrected chi connectivity index (χ2v) is 4.82. The van der Waals surface area contributed by atoms with Crippen molar-refractivity contribution in [1.82, 2.24) is 4.98 Å². The summed E-state index contributed by atoms with van der Waals surface area (Å²) in [5, 5.41) is 1.20. The van der Waals surface area contributed by atoms with Gasteiger partial charge in [-0.15, -0.1) is 11.3 Å². The van der Waals surface area contributed by atoms with Gasteiger partial charge in [-0.2, -0.15) is 0 Å². The fourth-order valence-corrected chi connectivity index (χ4v) is 2.47. The number of rotatable bonds is 4. The van der Waals surface area contributed by atoms with Crippen LogP contribution in [0.5, 0.6) is 0 Å². The molecule has 0 fully saturated rings. The number of benzene rings is 1. The molecule has 0 aliphatic heterocycles. The maximum absolute atomic E-state index is 5.52. The molecular formula is C13H16N2S. The van der Waals surface area contributed by atoms with Gasteiger partial charge in [0.05, 0.1) is 9.88 Å². The molecule has 2 nitrogen and oxygen atoms in total. The third kappa shape index (κ3) is 2.49. The summed E-state index contributed by atoms with van der Waals surface area (Å²) in [5.74, 6) is 0. The van der Waals surface area contributed by atoms with Crippen LogP contribution in [0.4, 0.5) is 0 Å². The average Bonchev–Trinajstić information content (AvgIpc) is 2.79. The quantitative estimate of drug-likeness (QED) is 0.880. The number of thiazole rings is 1. The average molecular weight is 232 g/mol. The van der Waals surface area contributed by atoms with Crippen molar-refractivity contribution in [3.8, 4) is 10.4 Å². The molecule has 0 saturated heterocycles. The first-order valence-electron chi connectivity index (χ1n) is 5.57. The number of hydrogen-bond acceptors (Lipinski definition) is 3. The summed E-state index contributed by atoms with van der Waals surface area (Å²) in [7, 11) is 0. The van der Waals surface area contributed by atoms with Gasteiger partial charge in [0.25, 0.3) is 0 Å². The molecule has 0 amide bonds. The van der Waals surface area contributed by atoms with Gasteiger partial charge in [-0.3, -0.25) is 0 Å². The van der Waals surface area contributed by atoms with Crippen LogP contribution in [0.15, 0.2) is 30.5 Å². The number of nitrogens with zero attached hydrogens (tertiary/aromatic N) is 1. The Morgan fingerprint density at radius 2 is 2.00 bits per heavy atom. The number of hydrogen-bond donors (Lipinski definition) is 1. The molecule has 1 aromatic carbocycles. The largest absolute Gasteiger partial charge is 0.330 e. The second-order valence-electron chi connectivity index (χ2n) is 3.71. The van der Waals surface area contributed by atoms with Crippen LogP contribution in [0, 0.1) is 0 Å². The first kappa shape index (κ1) is 11.3. The van der Waals surface area contributed by atoms with E-state index in [-0.39, 0.29) is 0 Å². The van der Waals surface area contributed by atoms with Crippen molar-refractivity contribution in [3.05, 3.63) is 41.0 Å². The van der Waals surface area contributed by atoms with Crippen LogP contribution in [0.2, 0.25) is 0 Å². The molecule has 0 atom stereocenters. The molecule has 84 valence electrons. The SMILES string of the molecule is CCc1ncc(-c2ccc(CCN)cc2)s1. The highest BCUT2D eigenvalue weighted by Gasteiger charge is 2.02. The monoisotopic (exact) mass is 232 g/mol. The summed E-state index contributed by atoms with van der Waals surface area (Å²) in [4.78, 5) is 5.61. The Balaban J connectivity index is 2.20. The zero-order valence-electron chi connectivity index (χ0n) is 9.44. The van der Waals surface area contributed by atoms with E-state index in [0.717, 1.165) is 12.8 Å². The third-order valence-corrected chi connectivity index (χ3v) is 3.72. The molecule has 0 aliphatic rings. The third-order valence-electron chi connectivity index (χ3n) is 2.53.